The number of aromatic nitrogens is 1. The van der Waals surface area contributed by atoms with E-state index in [0.717, 1.165) is 0 Å². The molecule has 2 rings (SSSR count). The molecule has 0 atom stereocenters. The summed E-state index contributed by atoms with van der Waals surface area (Å²) in [5, 5.41) is 0. The number of hydrogen-bond acceptors (Lipinski definition) is 5. The highest BCUT2D eigenvalue weighted by atomic mass is 16.5. The van der Waals surface area contributed by atoms with Crippen LogP contribution in [0.5, 0.6) is 5.75 Å². The summed E-state index contributed by atoms with van der Waals surface area (Å²) < 4.78 is 16.3. The van der Waals surface area contributed by atoms with Crippen molar-refractivity contribution in [2.75, 3.05) is 26.9 Å². The Bertz CT molecular complexity index is 435. The number of Topliss-reactive ketones (excluding diaryl/α,β-unsaturated/α-hetero) is 1. The van der Waals surface area contributed by atoms with Gasteiger partial charge in [-0.2, -0.15) is 0 Å². The monoisotopic (exact) mass is 265 g/mol. The van der Waals surface area contributed by atoms with Gasteiger partial charge in [-0.15, -0.1) is 0 Å². The second kappa shape index (κ2) is 6.12. The van der Waals surface area contributed by atoms with Crippen LogP contribution < -0.4 is 4.74 Å². The average Bonchev–Trinajstić information content (AvgIpc) is 2.47. The Labute approximate surface area is 112 Å². The van der Waals surface area contributed by atoms with E-state index in [-0.39, 0.29) is 5.78 Å². The van der Waals surface area contributed by atoms with Crippen LogP contribution in [0.3, 0.4) is 0 Å². The number of hydrogen-bond donors (Lipinski definition) is 0. The topological polar surface area (TPSA) is 57.7 Å². The number of pyridine rings is 1. The molecule has 0 unspecified atom stereocenters. The average molecular weight is 265 g/mol. The van der Waals surface area contributed by atoms with Crippen LogP contribution in [0.25, 0.3) is 0 Å². The van der Waals surface area contributed by atoms with Crippen LogP contribution in [0, 0.1) is 0 Å². The molecular formula is C14H19NO4. The Morgan fingerprint density at radius 3 is 2.84 bits per heavy atom. The third-order valence-corrected chi connectivity index (χ3v) is 3.34. The fourth-order valence-corrected chi connectivity index (χ4v) is 2.36. The zero-order valence-electron chi connectivity index (χ0n) is 11.3. The lowest BCUT2D eigenvalue weighted by molar-refractivity contribution is -0.0825. The Kier molecular flexibility index (Phi) is 4.50. The van der Waals surface area contributed by atoms with Crippen molar-refractivity contribution in [3.8, 4) is 5.75 Å². The van der Waals surface area contributed by atoms with Crippen LogP contribution in [-0.2, 0) is 9.47 Å². The molecule has 19 heavy (non-hydrogen) atoms. The highest BCUT2D eigenvalue weighted by Crippen LogP contribution is 2.31. The molecule has 1 fully saturated rings. The summed E-state index contributed by atoms with van der Waals surface area (Å²) in [5.74, 6) is 0.369. The Morgan fingerprint density at radius 1 is 1.47 bits per heavy atom. The van der Waals surface area contributed by atoms with Crippen LogP contribution >= 0.6 is 0 Å². The molecule has 5 heteroatoms. The van der Waals surface area contributed by atoms with E-state index in [9.17, 15) is 4.79 Å². The van der Waals surface area contributed by atoms with Gasteiger partial charge in [-0.3, -0.25) is 4.79 Å². The number of ether oxygens (including phenoxy) is 3. The third kappa shape index (κ3) is 2.77. The number of ketones is 1. The van der Waals surface area contributed by atoms with E-state index < -0.39 is 5.60 Å². The summed E-state index contributed by atoms with van der Waals surface area (Å²) in [6.45, 7) is 3.43. The number of carbonyl (C=O) groups is 1. The SMILES string of the molecule is CCOC1(C(=O)c2ncccc2OC)CCOCC1. The van der Waals surface area contributed by atoms with Gasteiger partial charge in [0.05, 0.1) is 7.11 Å². The highest BCUT2D eigenvalue weighted by Gasteiger charge is 2.43. The van der Waals surface area contributed by atoms with Gasteiger partial charge in [0.1, 0.15) is 11.4 Å². The van der Waals surface area contributed by atoms with E-state index in [2.05, 4.69) is 4.98 Å². The molecule has 0 aliphatic carbocycles. The van der Waals surface area contributed by atoms with E-state index in [4.69, 9.17) is 14.2 Å². The lowest BCUT2D eigenvalue weighted by Gasteiger charge is -2.35. The van der Waals surface area contributed by atoms with Gasteiger partial charge in [-0.05, 0) is 19.1 Å². The number of rotatable bonds is 5. The van der Waals surface area contributed by atoms with Crippen LogP contribution in [0.1, 0.15) is 30.3 Å². The Hall–Kier alpha value is -1.46. The van der Waals surface area contributed by atoms with Gasteiger partial charge in [0, 0.05) is 38.9 Å². The predicted molar refractivity (Wildman–Crippen MR) is 69.5 cm³/mol. The number of nitrogens with zero attached hydrogens (tertiary/aromatic N) is 1. The molecule has 1 aromatic rings. The van der Waals surface area contributed by atoms with Crippen molar-refractivity contribution < 1.29 is 19.0 Å². The molecule has 5 nitrogen and oxygen atoms in total. The van der Waals surface area contributed by atoms with Crippen molar-refractivity contribution in [2.45, 2.75) is 25.4 Å². The van der Waals surface area contributed by atoms with Gasteiger partial charge >= 0.3 is 0 Å². The molecule has 104 valence electrons. The molecular weight excluding hydrogens is 246 g/mol. The van der Waals surface area contributed by atoms with Gasteiger partial charge in [-0.1, -0.05) is 0 Å². The van der Waals surface area contributed by atoms with Crippen molar-refractivity contribution in [3.05, 3.63) is 24.0 Å². The van der Waals surface area contributed by atoms with Crippen molar-refractivity contribution in [2.24, 2.45) is 0 Å². The normalized spacial score (nSPS) is 18.0. The van der Waals surface area contributed by atoms with Crippen molar-refractivity contribution >= 4 is 5.78 Å². The summed E-state index contributed by atoms with van der Waals surface area (Å²) in [4.78, 5) is 16.9. The fraction of sp³-hybridized carbons (Fsp3) is 0.571. The summed E-state index contributed by atoms with van der Waals surface area (Å²) in [6, 6.07) is 3.48. The molecule has 1 aliphatic heterocycles. The minimum atomic E-state index is -0.825. The summed E-state index contributed by atoms with van der Waals surface area (Å²) in [7, 11) is 1.53. The van der Waals surface area contributed by atoms with Crippen LogP contribution in [0.4, 0.5) is 0 Å². The van der Waals surface area contributed by atoms with Gasteiger partial charge < -0.3 is 14.2 Å². The highest BCUT2D eigenvalue weighted by molar-refractivity contribution is 6.03. The maximum Gasteiger partial charge on any atom is 0.216 e. The minimum absolute atomic E-state index is 0.116. The lowest BCUT2D eigenvalue weighted by Crippen LogP contribution is -2.47. The molecule has 0 saturated carbocycles. The molecule has 0 N–H and O–H groups in total. The molecule has 0 radical (unpaired) electrons. The lowest BCUT2D eigenvalue weighted by atomic mass is 9.87. The summed E-state index contributed by atoms with van der Waals surface area (Å²) in [6.07, 6.45) is 2.70. The Morgan fingerprint density at radius 2 is 2.21 bits per heavy atom. The molecule has 1 aromatic heterocycles. The summed E-state index contributed by atoms with van der Waals surface area (Å²) in [5.41, 5.74) is -0.491. The van der Waals surface area contributed by atoms with Crippen LogP contribution in [0.2, 0.25) is 0 Å². The maximum absolute atomic E-state index is 12.8. The van der Waals surface area contributed by atoms with Gasteiger partial charge in [0.25, 0.3) is 0 Å². The summed E-state index contributed by atoms with van der Waals surface area (Å²) >= 11 is 0. The molecule has 1 saturated heterocycles. The van der Waals surface area contributed by atoms with E-state index >= 15 is 0 Å². The molecule has 0 spiro atoms. The molecule has 0 amide bonds. The van der Waals surface area contributed by atoms with E-state index in [1.54, 1.807) is 18.3 Å². The van der Waals surface area contributed by atoms with E-state index in [1.165, 1.54) is 7.11 Å². The maximum atomic E-state index is 12.8. The van der Waals surface area contributed by atoms with Crippen molar-refractivity contribution in [3.63, 3.8) is 0 Å². The molecule has 1 aliphatic rings. The first-order chi connectivity index (χ1) is 9.23. The third-order valence-electron chi connectivity index (χ3n) is 3.34. The van der Waals surface area contributed by atoms with Crippen LogP contribution in [0.15, 0.2) is 18.3 Å². The zero-order valence-corrected chi connectivity index (χ0v) is 11.3. The van der Waals surface area contributed by atoms with E-state index in [1.807, 2.05) is 6.92 Å². The Balaban J connectivity index is 2.33. The first-order valence-corrected chi connectivity index (χ1v) is 6.49. The standard InChI is InChI=1S/C14H19NO4/c1-3-19-14(6-9-18-10-7-14)13(16)12-11(17-2)5-4-8-15-12/h4-5,8H,3,6-7,9-10H2,1-2H3. The first-order valence-electron chi connectivity index (χ1n) is 6.49. The second-order valence-corrected chi connectivity index (χ2v) is 4.42. The van der Waals surface area contributed by atoms with Gasteiger partial charge in [0.15, 0.2) is 5.69 Å². The van der Waals surface area contributed by atoms with E-state index in [0.29, 0.717) is 44.1 Å². The van der Waals surface area contributed by atoms with Crippen molar-refractivity contribution in [1.82, 2.24) is 4.98 Å². The van der Waals surface area contributed by atoms with Gasteiger partial charge in [-0.25, -0.2) is 4.98 Å². The quantitative estimate of drug-likeness (QED) is 0.760. The minimum Gasteiger partial charge on any atom is -0.494 e. The van der Waals surface area contributed by atoms with Gasteiger partial charge in [0.2, 0.25) is 5.78 Å². The predicted octanol–water partition coefficient (Wildman–Crippen LogP) is 1.86. The largest absolute Gasteiger partial charge is 0.494 e. The first kappa shape index (κ1) is 14.0. The molecule has 0 bridgehead atoms. The van der Waals surface area contributed by atoms with Crippen LogP contribution in [-0.4, -0.2) is 43.3 Å². The molecule has 2 heterocycles. The number of methoxy groups -OCH3 is 1. The zero-order chi connectivity index (χ0) is 13.7. The smallest absolute Gasteiger partial charge is 0.216 e. The number of carbonyl (C=O) groups excluding carboxylic acids is 1. The second-order valence-electron chi connectivity index (χ2n) is 4.42. The fourth-order valence-electron chi connectivity index (χ4n) is 2.36. The van der Waals surface area contributed by atoms with Crippen molar-refractivity contribution in [1.29, 1.82) is 0 Å². The molecule has 0 aromatic carbocycles.